The molecule has 100 valence electrons. The summed E-state index contributed by atoms with van der Waals surface area (Å²) in [6, 6.07) is 0. The summed E-state index contributed by atoms with van der Waals surface area (Å²) in [5.41, 5.74) is 0. The van der Waals surface area contributed by atoms with E-state index in [4.69, 9.17) is 11.2 Å². The van der Waals surface area contributed by atoms with E-state index in [-0.39, 0.29) is 6.61 Å². The summed E-state index contributed by atoms with van der Waals surface area (Å²) in [7, 11) is 0. The van der Waals surface area contributed by atoms with Crippen molar-refractivity contribution < 1.29 is 19.1 Å². The van der Waals surface area contributed by atoms with Gasteiger partial charge in [-0.05, 0) is 6.08 Å². The van der Waals surface area contributed by atoms with Crippen LogP contribution in [0.5, 0.6) is 0 Å². The normalized spacial score (nSPS) is 11.8. The molecule has 0 saturated carbocycles. The molecule has 1 unspecified atom stereocenters. The second-order valence-electron chi connectivity index (χ2n) is 3.36. The molecule has 0 aliphatic heterocycles. The molecule has 0 aromatic heterocycles. The van der Waals surface area contributed by atoms with E-state index in [9.17, 15) is 9.90 Å². The molecule has 0 spiro atoms. The average molecular weight is 261 g/mol. The Bertz CT molecular complexity index is 429. The fraction of sp³-hybridized carbons (Fsp3) is 0.333. The zero-order chi connectivity index (χ0) is 14.3. The van der Waals surface area contributed by atoms with Crippen LogP contribution in [0.1, 0.15) is 12.8 Å². The van der Waals surface area contributed by atoms with Crippen molar-refractivity contribution >= 4 is 12.8 Å². The highest BCUT2D eigenvalue weighted by atomic mass is 16.5. The van der Waals surface area contributed by atoms with Crippen LogP contribution in [0.2, 0.25) is 0 Å². The molecule has 0 saturated heterocycles. The van der Waals surface area contributed by atoms with Gasteiger partial charge in [0.2, 0.25) is 6.61 Å². The minimum Gasteiger partial charge on any atom is -0.388 e. The van der Waals surface area contributed by atoms with E-state index >= 15 is 0 Å². The number of allylic oxidation sites excluding steroid dienone is 3. The molecule has 0 aliphatic carbocycles. The van der Waals surface area contributed by atoms with Crippen molar-refractivity contribution in [2.24, 2.45) is 0 Å². The van der Waals surface area contributed by atoms with Gasteiger partial charge in [0.25, 0.3) is 0 Å². The molecule has 4 heteroatoms. The lowest BCUT2D eigenvalue weighted by atomic mass is 10.2. The van der Waals surface area contributed by atoms with Crippen LogP contribution >= 0.6 is 0 Å². The molecule has 0 rings (SSSR count). The van der Waals surface area contributed by atoms with Gasteiger partial charge in [0.1, 0.15) is 0 Å². The maximum Gasteiger partial charge on any atom is 0.605 e. The minimum atomic E-state index is -0.621. The Balaban J connectivity index is 3.67. The third kappa shape index (κ3) is 12.1. The Labute approximate surface area is 113 Å². The monoisotopic (exact) mass is 261 g/mol. The highest BCUT2D eigenvalue weighted by Gasteiger charge is 2.09. The van der Waals surface area contributed by atoms with Gasteiger partial charge in [-0.3, -0.25) is 4.42 Å². The third-order valence-corrected chi connectivity index (χ3v) is 1.81. The summed E-state index contributed by atoms with van der Waals surface area (Å²) in [4.78, 5) is 10.6. The summed E-state index contributed by atoms with van der Waals surface area (Å²) >= 11 is 0. The lowest BCUT2D eigenvalue weighted by Crippen LogP contribution is -2.08. The maximum atomic E-state index is 10.6. The van der Waals surface area contributed by atoms with Crippen molar-refractivity contribution in [3.05, 3.63) is 24.3 Å². The van der Waals surface area contributed by atoms with Crippen LogP contribution in [-0.4, -0.2) is 37.2 Å². The van der Waals surface area contributed by atoms with Crippen molar-refractivity contribution in [1.82, 2.24) is 0 Å². The molecule has 4 nitrogen and oxygen atoms in total. The Morgan fingerprint density at radius 2 is 2.32 bits per heavy atom. The van der Waals surface area contributed by atoms with Gasteiger partial charge >= 0.3 is 5.97 Å². The minimum absolute atomic E-state index is 0.114. The van der Waals surface area contributed by atoms with Gasteiger partial charge in [-0.25, -0.2) is 0 Å². The van der Waals surface area contributed by atoms with Crippen LogP contribution in [0.3, 0.4) is 0 Å². The summed E-state index contributed by atoms with van der Waals surface area (Å²) in [5.74, 6) is 7.46. The van der Waals surface area contributed by atoms with Crippen LogP contribution in [-0.2, 0) is 14.0 Å². The molecule has 0 fully saturated rings. The van der Waals surface area contributed by atoms with Crippen molar-refractivity contribution in [3.8, 4) is 24.2 Å². The molecular formula is C15H17O4+. The van der Waals surface area contributed by atoms with Crippen molar-refractivity contribution in [2.45, 2.75) is 18.9 Å². The van der Waals surface area contributed by atoms with E-state index in [0.29, 0.717) is 19.4 Å². The SMILES string of the molecule is C#CCC(O)/C=C/C=C/C#CCCOCC(=O)[O+]=C. The number of carbonyl (C=O) groups excluding carboxylic acids is 2. The quantitative estimate of drug-likeness (QED) is 0.319. The summed E-state index contributed by atoms with van der Waals surface area (Å²) in [6.45, 7) is 3.20. The molecule has 0 radical (unpaired) electrons. The van der Waals surface area contributed by atoms with E-state index in [0.717, 1.165) is 0 Å². The van der Waals surface area contributed by atoms with E-state index in [1.165, 1.54) is 0 Å². The highest BCUT2D eigenvalue weighted by molar-refractivity contribution is 5.67. The number of hydrogen-bond donors (Lipinski definition) is 1. The number of hydrogen-bond acceptors (Lipinski definition) is 3. The molecule has 0 heterocycles. The number of rotatable bonds is 7. The highest BCUT2D eigenvalue weighted by Crippen LogP contribution is 1.91. The smallest absolute Gasteiger partial charge is 0.388 e. The van der Waals surface area contributed by atoms with E-state index in [1.807, 2.05) is 0 Å². The second-order valence-corrected chi connectivity index (χ2v) is 3.36. The third-order valence-electron chi connectivity index (χ3n) is 1.81. The predicted octanol–water partition coefficient (Wildman–Crippen LogP) is 0.784. The summed E-state index contributed by atoms with van der Waals surface area (Å²) < 4.78 is 9.12. The Kier molecular flexibility index (Phi) is 10.9. The van der Waals surface area contributed by atoms with Gasteiger partial charge in [-0.15, -0.1) is 12.3 Å². The number of aliphatic hydroxyl groups excluding tert-OH is 1. The van der Waals surface area contributed by atoms with Crippen LogP contribution < -0.4 is 0 Å². The van der Waals surface area contributed by atoms with Gasteiger partial charge in [0, 0.05) is 12.8 Å². The average Bonchev–Trinajstić information content (AvgIpc) is 2.40. The number of aliphatic hydroxyl groups is 1. The van der Waals surface area contributed by atoms with E-state index < -0.39 is 12.1 Å². The first-order chi connectivity index (χ1) is 9.20. The number of carbonyl (C=O) groups is 1. The van der Waals surface area contributed by atoms with Gasteiger partial charge < -0.3 is 9.84 Å². The molecule has 0 aromatic carbocycles. The number of terminal acetylenes is 1. The topological polar surface area (TPSA) is 57.8 Å². The van der Waals surface area contributed by atoms with Crippen molar-refractivity contribution in [2.75, 3.05) is 13.2 Å². The van der Waals surface area contributed by atoms with E-state index in [1.54, 1.807) is 24.3 Å². The first-order valence-electron chi connectivity index (χ1n) is 5.66. The Morgan fingerprint density at radius 1 is 1.53 bits per heavy atom. The lowest BCUT2D eigenvalue weighted by molar-refractivity contribution is -0.371. The van der Waals surface area contributed by atoms with Crippen LogP contribution in [0.15, 0.2) is 24.3 Å². The molecule has 0 amide bonds. The molecule has 0 aliphatic rings. The first kappa shape index (κ1) is 16.9. The fourth-order valence-electron chi connectivity index (χ4n) is 0.936. The van der Waals surface area contributed by atoms with Gasteiger partial charge in [-0.1, -0.05) is 30.1 Å². The molecule has 0 bridgehead atoms. The predicted molar refractivity (Wildman–Crippen MR) is 73.1 cm³/mol. The second kappa shape index (κ2) is 12.3. The number of ether oxygens (including phenoxy) is 1. The first-order valence-corrected chi connectivity index (χ1v) is 5.66. The van der Waals surface area contributed by atoms with Crippen LogP contribution in [0.25, 0.3) is 0 Å². The van der Waals surface area contributed by atoms with Crippen LogP contribution in [0.4, 0.5) is 0 Å². The van der Waals surface area contributed by atoms with Gasteiger partial charge in [0.05, 0.1) is 17.5 Å². The molecular weight excluding hydrogens is 244 g/mol. The Morgan fingerprint density at radius 3 is 3.00 bits per heavy atom. The molecule has 0 aromatic rings. The summed E-state index contributed by atoms with van der Waals surface area (Å²) in [5, 5.41) is 9.26. The van der Waals surface area contributed by atoms with Gasteiger partial charge in [-0.2, -0.15) is 0 Å². The Hall–Kier alpha value is -2.14. The lowest BCUT2D eigenvalue weighted by Gasteiger charge is -1.95. The molecule has 19 heavy (non-hydrogen) atoms. The summed E-state index contributed by atoms with van der Waals surface area (Å²) in [6.07, 6.45) is 11.8. The zero-order valence-electron chi connectivity index (χ0n) is 10.7. The van der Waals surface area contributed by atoms with Gasteiger partial charge in [0.15, 0.2) is 6.79 Å². The van der Waals surface area contributed by atoms with E-state index in [2.05, 4.69) is 29.0 Å². The van der Waals surface area contributed by atoms with Crippen molar-refractivity contribution in [1.29, 1.82) is 0 Å². The standard InChI is InChI=1S/C15H17O4/c1-3-10-14(16)11-8-6-4-5-7-9-12-19-13-15(17)18-2/h1,4,6,8,11,14,16H,2,9-10,12-13H2/q+1/b6-4+,11-8+. The maximum absolute atomic E-state index is 10.6. The van der Waals surface area contributed by atoms with Crippen molar-refractivity contribution in [3.63, 3.8) is 0 Å². The fourth-order valence-corrected chi connectivity index (χ4v) is 0.936. The largest absolute Gasteiger partial charge is 0.605 e. The zero-order valence-corrected chi connectivity index (χ0v) is 10.7. The molecule has 1 N–H and O–H groups in total. The van der Waals surface area contributed by atoms with Crippen LogP contribution in [0, 0.1) is 24.2 Å². The molecule has 1 atom stereocenters.